The summed E-state index contributed by atoms with van der Waals surface area (Å²) in [5.41, 5.74) is 5.24. The number of anilines is 1. The predicted octanol–water partition coefficient (Wildman–Crippen LogP) is 4.61. The zero-order chi connectivity index (χ0) is 22.5. The highest BCUT2D eigenvalue weighted by Crippen LogP contribution is 2.19. The summed E-state index contributed by atoms with van der Waals surface area (Å²) in [6, 6.07) is 23.0. The first-order valence-corrected chi connectivity index (χ1v) is 10.6. The lowest BCUT2D eigenvalue weighted by molar-refractivity contribution is -0.116. The zero-order valence-corrected chi connectivity index (χ0v) is 18.3. The van der Waals surface area contributed by atoms with Gasteiger partial charge in [0.25, 0.3) is 5.91 Å². The van der Waals surface area contributed by atoms with Crippen molar-refractivity contribution in [3.05, 3.63) is 95.3 Å². The van der Waals surface area contributed by atoms with E-state index in [0.717, 1.165) is 28.1 Å². The summed E-state index contributed by atoms with van der Waals surface area (Å²) < 4.78 is 2.01. The van der Waals surface area contributed by atoms with Gasteiger partial charge < -0.3 is 15.2 Å². The van der Waals surface area contributed by atoms with Gasteiger partial charge >= 0.3 is 0 Å². The van der Waals surface area contributed by atoms with Crippen LogP contribution in [0.5, 0.6) is 0 Å². The Balaban J connectivity index is 1.41. The third kappa shape index (κ3) is 5.03. The molecule has 0 aliphatic heterocycles. The molecule has 32 heavy (non-hydrogen) atoms. The Kier molecular flexibility index (Phi) is 6.31. The number of carbonyl (C=O) groups is 2. The van der Waals surface area contributed by atoms with E-state index in [1.54, 1.807) is 12.1 Å². The molecule has 1 aromatic heterocycles. The van der Waals surface area contributed by atoms with Gasteiger partial charge in [-0.2, -0.15) is 0 Å². The summed E-state index contributed by atoms with van der Waals surface area (Å²) in [6.45, 7) is 4.93. The number of hydrogen-bond donors (Lipinski definition) is 2. The number of fused-ring (bicyclic) bond motifs is 1. The highest BCUT2D eigenvalue weighted by atomic mass is 16.2. The molecule has 162 valence electrons. The molecule has 4 aromatic rings. The minimum Gasteiger partial charge on any atom is -0.348 e. The molecule has 6 nitrogen and oxygen atoms in total. The van der Waals surface area contributed by atoms with Crippen molar-refractivity contribution in [2.45, 2.75) is 33.4 Å². The number of hydrogen-bond acceptors (Lipinski definition) is 3. The summed E-state index contributed by atoms with van der Waals surface area (Å²) in [5, 5.41) is 5.86. The average Bonchev–Trinajstić information content (AvgIpc) is 3.11. The van der Waals surface area contributed by atoms with Crippen molar-refractivity contribution < 1.29 is 9.59 Å². The number of benzene rings is 3. The molecular formula is C26H26N4O2. The molecule has 0 fully saturated rings. The minimum atomic E-state index is -0.137. The van der Waals surface area contributed by atoms with Gasteiger partial charge in [-0.15, -0.1) is 0 Å². The van der Waals surface area contributed by atoms with Crippen LogP contribution in [0.2, 0.25) is 0 Å². The summed E-state index contributed by atoms with van der Waals surface area (Å²) in [6.07, 6.45) is 0.333. The third-order valence-electron chi connectivity index (χ3n) is 5.39. The van der Waals surface area contributed by atoms with Crippen molar-refractivity contribution in [1.82, 2.24) is 14.9 Å². The van der Waals surface area contributed by atoms with Crippen LogP contribution in [0, 0.1) is 13.8 Å². The summed E-state index contributed by atoms with van der Waals surface area (Å²) in [4.78, 5) is 29.5. The summed E-state index contributed by atoms with van der Waals surface area (Å²) >= 11 is 0. The van der Waals surface area contributed by atoms with Gasteiger partial charge in [-0.05, 0) is 49.7 Å². The molecular weight excluding hydrogens is 400 g/mol. The second kappa shape index (κ2) is 9.47. The Morgan fingerprint density at radius 1 is 0.938 bits per heavy atom. The lowest BCUT2D eigenvalue weighted by Crippen LogP contribution is -2.22. The van der Waals surface area contributed by atoms with E-state index in [2.05, 4.69) is 15.6 Å². The number of amides is 2. The van der Waals surface area contributed by atoms with Crippen LogP contribution in [0.4, 0.5) is 5.69 Å². The minimum absolute atomic E-state index is 0.0513. The van der Waals surface area contributed by atoms with Gasteiger partial charge in [0.05, 0.1) is 11.0 Å². The Bertz CT molecular complexity index is 1240. The normalized spacial score (nSPS) is 10.8. The van der Waals surface area contributed by atoms with Crippen LogP contribution in [0.1, 0.15) is 33.7 Å². The van der Waals surface area contributed by atoms with Gasteiger partial charge in [-0.25, -0.2) is 4.98 Å². The second-order valence-electron chi connectivity index (χ2n) is 7.85. The first kappa shape index (κ1) is 21.3. The van der Waals surface area contributed by atoms with Crippen molar-refractivity contribution in [3.8, 4) is 0 Å². The molecule has 0 radical (unpaired) electrons. The van der Waals surface area contributed by atoms with Crippen LogP contribution in [-0.2, 0) is 17.9 Å². The molecule has 6 heteroatoms. The summed E-state index contributed by atoms with van der Waals surface area (Å²) in [5.74, 6) is 0.621. The smallest absolute Gasteiger partial charge is 0.251 e. The SMILES string of the molecule is Cc1ccc(CNC(=O)c2ccc3c(c2)nc(C)n3CCC(=O)Nc2ccccc2)cc1. The maximum atomic E-state index is 12.6. The number of rotatable bonds is 7. The second-order valence-corrected chi connectivity index (χ2v) is 7.85. The van der Waals surface area contributed by atoms with E-state index in [9.17, 15) is 9.59 Å². The van der Waals surface area contributed by atoms with E-state index in [1.807, 2.05) is 79.1 Å². The van der Waals surface area contributed by atoms with Gasteiger partial charge in [-0.3, -0.25) is 9.59 Å². The molecule has 4 rings (SSSR count). The van der Waals surface area contributed by atoms with Crippen LogP contribution in [0.25, 0.3) is 11.0 Å². The first-order valence-electron chi connectivity index (χ1n) is 10.6. The van der Waals surface area contributed by atoms with E-state index in [4.69, 9.17) is 0 Å². The number of para-hydroxylation sites is 1. The molecule has 0 spiro atoms. The van der Waals surface area contributed by atoms with Gasteiger partial charge in [0.15, 0.2) is 0 Å². The molecule has 0 bridgehead atoms. The van der Waals surface area contributed by atoms with E-state index in [0.29, 0.717) is 25.1 Å². The monoisotopic (exact) mass is 426 g/mol. The van der Waals surface area contributed by atoms with E-state index < -0.39 is 0 Å². The third-order valence-corrected chi connectivity index (χ3v) is 5.39. The first-order chi connectivity index (χ1) is 15.5. The predicted molar refractivity (Wildman–Crippen MR) is 127 cm³/mol. The van der Waals surface area contributed by atoms with Gasteiger partial charge in [0.1, 0.15) is 5.82 Å². The zero-order valence-electron chi connectivity index (χ0n) is 18.3. The van der Waals surface area contributed by atoms with Gasteiger partial charge in [0, 0.05) is 30.8 Å². The number of aromatic nitrogens is 2. The van der Waals surface area contributed by atoms with Crippen LogP contribution in [0.15, 0.2) is 72.8 Å². The molecule has 0 aliphatic rings. The summed E-state index contributed by atoms with van der Waals surface area (Å²) in [7, 11) is 0. The molecule has 0 saturated heterocycles. The Morgan fingerprint density at radius 3 is 2.44 bits per heavy atom. The van der Waals surface area contributed by atoms with Crippen LogP contribution < -0.4 is 10.6 Å². The fourth-order valence-electron chi connectivity index (χ4n) is 3.62. The highest BCUT2D eigenvalue weighted by molar-refractivity contribution is 5.97. The van der Waals surface area contributed by atoms with E-state index >= 15 is 0 Å². The quantitative estimate of drug-likeness (QED) is 0.453. The lowest BCUT2D eigenvalue weighted by Gasteiger charge is -2.09. The number of imidazole rings is 1. The fourth-order valence-corrected chi connectivity index (χ4v) is 3.62. The van der Waals surface area contributed by atoms with Crippen molar-refractivity contribution in [2.24, 2.45) is 0 Å². The standard InChI is InChI=1S/C26H26N4O2/c1-18-8-10-20(11-9-18)17-27-26(32)21-12-13-24-23(16-21)28-19(2)30(24)15-14-25(31)29-22-6-4-3-5-7-22/h3-13,16H,14-15,17H2,1-2H3,(H,27,32)(H,29,31). The van der Waals surface area contributed by atoms with E-state index in [-0.39, 0.29) is 11.8 Å². The van der Waals surface area contributed by atoms with Crippen molar-refractivity contribution >= 4 is 28.5 Å². The highest BCUT2D eigenvalue weighted by Gasteiger charge is 2.13. The largest absolute Gasteiger partial charge is 0.348 e. The van der Waals surface area contributed by atoms with Crippen LogP contribution in [0.3, 0.4) is 0 Å². The molecule has 1 heterocycles. The van der Waals surface area contributed by atoms with Crippen molar-refractivity contribution in [3.63, 3.8) is 0 Å². The number of nitrogens with zero attached hydrogens (tertiary/aromatic N) is 2. The molecule has 0 unspecified atom stereocenters. The fraction of sp³-hybridized carbons (Fsp3) is 0.192. The molecule has 2 amide bonds. The maximum absolute atomic E-state index is 12.6. The molecule has 2 N–H and O–H groups in total. The lowest BCUT2D eigenvalue weighted by atomic mass is 10.1. The molecule has 3 aromatic carbocycles. The van der Waals surface area contributed by atoms with Crippen LogP contribution in [-0.4, -0.2) is 21.4 Å². The maximum Gasteiger partial charge on any atom is 0.251 e. The van der Waals surface area contributed by atoms with Crippen LogP contribution >= 0.6 is 0 Å². The van der Waals surface area contributed by atoms with Crippen molar-refractivity contribution in [2.75, 3.05) is 5.32 Å². The number of aryl methyl sites for hydroxylation is 3. The Labute approximate surface area is 187 Å². The Morgan fingerprint density at radius 2 is 1.69 bits per heavy atom. The Hall–Kier alpha value is -3.93. The number of nitrogens with one attached hydrogen (secondary N) is 2. The van der Waals surface area contributed by atoms with Gasteiger partial charge in [0.2, 0.25) is 5.91 Å². The topological polar surface area (TPSA) is 76.0 Å². The van der Waals surface area contributed by atoms with E-state index in [1.165, 1.54) is 5.56 Å². The molecule has 0 aliphatic carbocycles. The van der Waals surface area contributed by atoms with Crippen molar-refractivity contribution in [1.29, 1.82) is 0 Å². The number of carbonyl (C=O) groups excluding carboxylic acids is 2. The molecule has 0 saturated carbocycles. The van der Waals surface area contributed by atoms with Gasteiger partial charge in [-0.1, -0.05) is 48.0 Å². The average molecular weight is 427 g/mol. The molecule has 0 atom stereocenters.